The molecule has 3 N–H and O–H groups in total. The first-order valence-corrected chi connectivity index (χ1v) is 14.5. The van der Waals surface area contributed by atoms with Crippen LogP contribution in [0.3, 0.4) is 0 Å². The summed E-state index contributed by atoms with van der Waals surface area (Å²) in [5, 5.41) is 12.7. The third kappa shape index (κ3) is 7.77. The molecule has 1 fully saturated rings. The van der Waals surface area contributed by atoms with E-state index >= 15 is 0 Å². The summed E-state index contributed by atoms with van der Waals surface area (Å²) in [4.78, 5) is 38.7. The highest BCUT2D eigenvalue weighted by Crippen LogP contribution is 2.23. The lowest BCUT2D eigenvalue weighted by atomic mass is 10.1. The van der Waals surface area contributed by atoms with Gasteiger partial charge in [-0.05, 0) is 60.4 Å². The number of nitrogens with two attached hydrogens (primary N) is 1. The van der Waals surface area contributed by atoms with Gasteiger partial charge < -0.3 is 20.5 Å². The van der Waals surface area contributed by atoms with Crippen molar-refractivity contribution in [3.63, 3.8) is 0 Å². The summed E-state index contributed by atoms with van der Waals surface area (Å²) in [6.07, 6.45) is 6.42. The third-order valence-corrected chi connectivity index (χ3v) is 7.76. The molecule has 0 bridgehead atoms. The van der Waals surface area contributed by atoms with Gasteiger partial charge in [-0.1, -0.05) is 35.9 Å². The molecule has 5 rings (SSSR count). The zero-order chi connectivity index (χ0) is 30.2. The second kappa shape index (κ2) is 14.0. The predicted molar refractivity (Wildman–Crippen MR) is 164 cm³/mol. The second-order valence-electron chi connectivity index (χ2n) is 10.6. The first kappa shape index (κ1) is 29.8. The van der Waals surface area contributed by atoms with Crippen LogP contribution in [0.1, 0.15) is 45.6 Å². The van der Waals surface area contributed by atoms with E-state index in [4.69, 9.17) is 22.6 Å². The number of pyridine rings is 1. The quantitative estimate of drug-likeness (QED) is 0.237. The van der Waals surface area contributed by atoms with E-state index in [0.29, 0.717) is 74.1 Å². The van der Waals surface area contributed by atoms with Crippen LogP contribution in [0.4, 0.5) is 5.82 Å². The third-order valence-electron chi connectivity index (χ3n) is 7.53. The molecule has 1 aliphatic rings. The van der Waals surface area contributed by atoms with Crippen molar-refractivity contribution in [2.75, 3.05) is 25.4 Å². The minimum atomic E-state index is -0.297. The summed E-state index contributed by atoms with van der Waals surface area (Å²) in [7, 11) is 0. The van der Waals surface area contributed by atoms with Crippen LogP contribution in [0.15, 0.2) is 79.4 Å². The monoisotopic (exact) mass is 596 g/mol. The zero-order valence-corrected chi connectivity index (χ0v) is 24.5. The number of nitrogens with one attached hydrogen (secondary N) is 1. The smallest absolute Gasteiger partial charge is 0.252 e. The largest absolute Gasteiger partial charge is 0.384 e. The van der Waals surface area contributed by atoms with E-state index in [1.165, 1.54) is 6.20 Å². The molecule has 1 aliphatic heterocycles. The van der Waals surface area contributed by atoms with Gasteiger partial charge in [0.25, 0.3) is 5.91 Å². The van der Waals surface area contributed by atoms with E-state index < -0.39 is 0 Å². The molecule has 2 amide bonds. The standard InChI is InChI=1S/C32H33ClN8O2/c33-27-4-1-3-25(15-27)20-40-14-11-29(32(40)43)39(13-2-12-37-31(42)26-9-10-30(35)38-17-26)21-28-18-36-22-41(28)19-24-7-5-23(16-34)6-8-24/h1,3-10,15,17-18,22,29H,2,11-14,19-21H2,(H2,35,38)(H,37,42)/t29-/m1/s1. The summed E-state index contributed by atoms with van der Waals surface area (Å²) < 4.78 is 2.06. The first-order valence-electron chi connectivity index (χ1n) is 14.1. The molecule has 4 aromatic rings. The number of nitriles is 1. The Morgan fingerprint density at radius 2 is 1.95 bits per heavy atom. The number of hydrogen-bond donors (Lipinski definition) is 2. The maximum atomic E-state index is 13.7. The molecule has 43 heavy (non-hydrogen) atoms. The van der Waals surface area contributed by atoms with Crippen molar-refractivity contribution in [3.8, 4) is 6.07 Å². The number of hydrogen-bond acceptors (Lipinski definition) is 7. The number of nitrogens with zero attached hydrogens (tertiary/aromatic N) is 6. The van der Waals surface area contributed by atoms with Crippen LogP contribution in [0.2, 0.25) is 5.02 Å². The molecule has 0 aliphatic carbocycles. The van der Waals surface area contributed by atoms with Gasteiger partial charge in [-0.2, -0.15) is 5.26 Å². The van der Waals surface area contributed by atoms with E-state index in [2.05, 4.69) is 30.8 Å². The number of carbonyl (C=O) groups excluding carboxylic acids is 2. The fourth-order valence-corrected chi connectivity index (χ4v) is 5.47. The molecule has 0 spiro atoms. The Balaban J connectivity index is 1.27. The summed E-state index contributed by atoms with van der Waals surface area (Å²) in [6, 6.07) is 20.2. The van der Waals surface area contributed by atoms with Gasteiger partial charge >= 0.3 is 0 Å². The highest BCUT2D eigenvalue weighted by atomic mass is 35.5. The lowest BCUT2D eigenvalue weighted by Crippen LogP contribution is -2.43. The maximum Gasteiger partial charge on any atom is 0.252 e. The number of imidazole rings is 1. The van der Waals surface area contributed by atoms with Crippen LogP contribution >= 0.6 is 11.6 Å². The van der Waals surface area contributed by atoms with Crippen molar-refractivity contribution in [2.24, 2.45) is 0 Å². The molecule has 11 heteroatoms. The SMILES string of the molecule is N#Cc1ccc(Cn2cncc2CN(CCCNC(=O)c2ccc(N)nc2)[C@@H]2CCN(Cc3cccc(Cl)c3)C2=O)cc1. The molecule has 0 saturated carbocycles. The van der Waals surface area contributed by atoms with Crippen molar-refractivity contribution in [1.82, 2.24) is 29.7 Å². The lowest BCUT2D eigenvalue weighted by molar-refractivity contribution is -0.132. The van der Waals surface area contributed by atoms with Crippen LogP contribution in [-0.2, 0) is 24.4 Å². The zero-order valence-electron chi connectivity index (χ0n) is 23.7. The van der Waals surface area contributed by atoms with E-state index in [1.807, 2.05) is 47.5 Å². The molecule has 220 valence electrons. The molecule has 2 aromatic carbocycles. The number of carbonyl (C=O) groups is 2. The fourth-order valence-electron chi connectivity index (χ4n) is 5.26. The Labute approximate surface area is 255 Å². The molecular weight excluding hydrogens is 564 g/mol. The van der Waals surface area contributed by atoms with Gasteiger partial charge in [0.05, 0.1) is 35.3 Å². The molecular formula is C32H33ClN8O2. The molecule has 0 unspecified atom stereocenters. The second-order valence-corrected chi connectivity index (χ2v) is 11.0. The van der Waals surface area contributed by atoms with Gasteiger partial charge in [0.1, 0.15) is 5.82 Å². The van der Waals surface area contributed by atoms with E-state index in [-0.39, 0.29) is 17.9 Å². The van der Waals surface area contributed by atoms with E-state index in [0.717, 1.165) is 16.8 Å². The number of likely N-dealkylation sites (tertiary alicyclic amines) is 1. The maximum absolute atomic E-state index is 13.7. The van der Waals surface area contributed by atoms with E-state index in [1.54, 1.807) is 30.6 Å². The van der Waals surface area contributed by atoms with Crippen molar-refractivity contribution in [2.45, 2.75) is 38.5 Å². The van der Waals surface area contributed by atoms with E-state index in [9.17, 15) is 9.59 Å². The number of anilines is 1. The highest BCUT2D eigenvalue weighted by molar-refractivity contribution is 6.30. The van der Waals surface area contributed by atoms with Gasteiger partial charge in [-0.25, -0.2) is 9.97 Å². The number of benzene rings is 2. The molecule has 3 heterocycles. The fraction of sp³-hybridized carbons (Fsp3) is 0.281. The minimum Gasteiger partial charge on any atom is -0.384 e. The molecule has 1 saturated heterocycles. The van der Waals surface area contributed by atoms with Gasteiger partial charge in [0.15, 0.2) is 0 Å². The Morgan fingerprint density at radius 3 is 2.70 bits per heavy atom. The number of rotatable bonds is 12. The van der Waals surface area contributed by atoms with Crippen LogP contribution in [-0.4, -0.2) is 61.8 Å². The van der Waals surface area contributed by atoms with Gasteiger partial charge in [0, 0.05) is 56.7 Å². The summed E-state index contributed by atoms with van der Waals surface area (Å²) in [5.74, 6) is 0.218. The molecule has 1 atom stereocenters. The Bertz CT molecular complexity index is 1600. The predicted octanol–water partition coefficient (Wildman–Crippen LogP) is 3.86. The normalized spacial score (nSPS) is 14.7. The average molecular weight is 597 g/mol. The Morgan fingerprint density at radius 1 is 1.12 bits per heavy atom. The van der Waals surface area contributed by atoms with Crippen LogP contribution in [0.25, 0.3) is 0 Å². The minimum absolute atomic E-state index is 0.0788. The Kier molecular flexibility index (Phi) is 9.66. The highest BCUT2D eigenvalue weighted by Gasteiger charge is 2.36. The average Bonchev–Trinajstić information content (AvgIpc) is 3.60. The topological polar surface area (TPSA) is 133 Å². The van der Waals surface area contributed by atoms with Crippen molar-refractivity contribution < 1.29 is 9.59 Å². The summed E-state index contributed by atoms with van der Waals surface area (Å²) in [5.41, 5.74) is 9.71. The van der Waals surface area contributed by atoms with Crippen LogP contribution in [0, 0.1) is 11.3 Å². The first-order chi connectivity index (χ1) is 20.9. The van der Waals surface area contributed by atoms with Crippen molar-refractivity contribution in [3.05, 3.63) is 112 Å². The molecule has 0 radical (unpaired) electrons. The lowest BCUT2D eigenvalue weighted by Gasteiger charge is -2.28. The van der Waals surface area contributed by atoms with Crippen molar-refractivity contribution >= 4 is 29.2 Å². The molecule has 2 aromatic heterocycles. The summed E-state index contributed by atoms with van der Waals surface area (Å²) in [6.45, 7) is 3.32. The van der Waals surface area contributed by atoms with Gasteiger partial charge in [0.2, 0.25) is 5.91 Å². The Hall–Kier alpha value is -4.72. The van der Waals surface area contributed by atoms with Gasteiger partial charge in [-0.15, -0.1) is 0 Å². The van der Waals surface area contributed by atoms with Crippen molar-refractivity contribution in [1.29, 1.82) is 5.26 Å². The van der Waals surface area contributed by atoms with Gasteiger partial charge in [-0.3, -0.25) is 14.5 Å². The van der Waals surface area contributed by atoms with Crippen LogP contribution < -0.4 is 11.1 Å². The number of halogens is 1. The number of aromatic nitrogens is 3. The molecule has 10 nitrogen and oxygen atoms in total. The number of nitrogen functional groups attached to an aromatic ring is 1. The number of amides is 2. The van der Waals surface area contributed by atoms with Crippen LogP contribution in [0.5, 0.6) is 0 Å². The summed E-state index contributed by atoms with van der Waals surface area (Å²) >= 11 is 6.18.